The van der Waals surface area contributed by atoms with E-state index in [4.69, 9.17) is 14.2 Å². The lowest BCUT2D eigenvalue weighted by Crippen LogP contribution is -2.65. The number of rotatable bonds is 21. The summed E-state index contributed by atoms with van der Waals surface area (Å²) in [4.78, 5) is 0. The van der Waals surface area contributed by atoms with Crippen molar-refractivity contribution in [2.45, 2.75) is 177 Å². The Labute approximate surface area is 245 Å². The van der Waals surface area contributed by atoms with Crippen molar-refractivity contribution in [3.05, 3.63) is 0 Å². The van der Waals surface area contributed by atoms with E-state index >= 15 is 0 Å². The second-order valence-corrected chi connectivity index (χ2v) is 12.0. The van der Waals surface area contributed by atoms with Gasteiger partial charge in [-0.05, 0) is 6.42 Å². The number of ether oxygens (including phenoxy) is 3. The van der Waals surface area contributed by atoms with Crippen LogP contribution >= 0.6 is 0 Å². The zero-order chi connectivity index (χ0) is 30.3. The molecule has 0 radical (unpaired) electrons. The zero-order valence-electron chi connectivity index (χ0n) is 24.9. The first kappa shape index (κ1) is 36.8. The van der Waals surface area contributed by atoms with Gasteiger partial charge in [0.2, 0.25) is 0 Å². The van der Waals surface area contributed by atoms with Gasteiger partial charge >= 0.3 is 0 Å². The van der Waals surface area contributed by atoms with Crippen LogP contribution in [0.3, 0.4) is 0 Å². The minimum atomic E-state index is -2.10. The van der Waals surface area contributed by atoms with Crippen LogP contribution in [0.2, 0.25) is 0 Å². The normalized spacial score (nSPS) is 36.1. The Hall–Kier alpha value is -0.440. The van der Waals surface area contributed by atoms with Crippen molar-refractivity contribution in [3.63, 3.8) is 0 Å². The van der Waals surface area contributed by atoms with Gasteiger partial charge in [0.05, 0.1) is 13.2 Å². The molecule has 0 spiro atoms. The Bertz CT molecular complexity index is 668. The van der Waals surface area contributed by atoms with Gasteiger partial charge in [-0.2, -0.15) is 0 Å². The van der Waals surface area contributed by atoms with Gasteiger partial charge in [-0.15, -0.1) is 0 Å². The summed E-state index contributed by atoms with van der Waals surface area (Å²) in [6.07, 6.45) is 5.50. The summed E-state index contributed by atoms with van der Waals surface area (Å²) in [5, 5.41) is 81.4. The third-order valence-corrected chi connectivity index (χ3v) is 8.53. The third kappa shape index (κ3) is 11.9. The molecule has 41 heavy (non-hydrogen) atoms. The monoisotopic (exact) mass is 594 g/mol. The van der Waals surface area contributed by atoms with E-state index in [1.807, 2.05) is 0 Å². The molecule has 0 aliphatic carbocycles. The Morgan fingerprint density at radius 2 is 1.05 bits per heavy atom. The molecule has 11 nitrogen and oxygen atoms in total. The maximum Gasteiger partial charge on any atom is 0.195 e. The predicted molar refractivity (Wildman–Crippen MR) is 152 cm³/mol. The SMILES string of the molecule is CCCCCCCCCCCCCCCCCC[C@@]1(O)O[C@H](CO[C@H]2O[C@H](CO)[C@@H](O)[C@H](O)[C@H]2O)[C@@H](O)[C@H](O)[C@H]1O. The van der Waals surface area contributed by atoms with Crippen LogP contribution in [0.25, 0.3) is 0 Å². The van der Waals surface area contributed by atoms with Gasteiger partial charge in [0.1, 0.15) is 48.8 Å². The molecule has 2 saturated heterocycles. The van der Waals surface area contributed by atoms with Crippen LogP contribution in [0.15, 0.2) is 0 Å². The lowest BCUT2D eigenvalue weighted by atomic mass is 9.89. The van der Waals surface area contributed by atoms with Crippen molar-refractivity contribution in [1.29, 1.82) is 0 Å². The van der Waals surface area contributed by atoms with E-state index in [9.17, 15) is 40.9 Å². The molecule has 0 amide bonds. The lowest BCUT2D eigenvalue weighted by molar-refractivity contribution is -0.363. The number of aliphatic hydroxyl groups excluding tert-OH is 7. The van der Waals surface area contributed by atoms with Crippen LogP contribution in [0, 0.1) is 0 Å². The van der Waals surface area contributed by atoms with Gasteiger partial charge in [-0.3, -0.25) is 0 Å². The minimum absolute atomic E-state index is 0.0485. The van der Waals surface area contributed by atoms with Crippen LogP contribution < -0.4 is 0 Å². The molecule has 2 rings (SSSR count). The Kier molecular flexibility index (Phi) is 17.7. The third-order valence-electron chi connectivity index (χ3n) is 8.53. The second kappa shape index (κ2) is 19.8. The second-order valence-electron chi connectivity index (χ2n) is 12.0. The van der Waals surface area contributed by atoms with Crippen LogP contribution in [0.1, 0.15) is 116 Å². The fourth-order valence-corrected chi connectivity index (χ4v) is 5.74. The first-order chi connectivity index (χ1) is 19.7. The molecule has 0 bridgehead atoms. The van der Waals surface area contributed by atoms with E-state index in [-0.39, 0.29) is 6.42 Å². The van der Waals surface area contributed by atoms with E-state index in [0.717, 1.165) is 19.3 Å². The summed E-state index contributed by atoms with van der Waals surface area (Å²) in [6, 6.07) is 0. The minimum Gasteiger partial charge on any atom is -0.394 e. The summed E-state index contributed by atoms with van der Waals surface area (Å²) in [7, 11) is 0. The summed E-state index contributed by atoms with van der Waals surface area (Å²) < 4.78 is 16.3. The quantitative estimate of drug-likeness (QED) is 0.0902. The summed E-state index contributed by atoms with van der Waals surface area (Å²) in [5.74, 6) is -2.10. The number of aliphatic hydroxyl groups is 8. The topological polar surface area (TPSA) is 190 Å². The summed E-state index contributed by atoms with van der Waals surface area (Å²) in [6.45, 7) is 1.15. The average molecular weight is 595 g/mol. The molecule has 2 aliphatic rings. The summed E-state index contributed by atoms with van der Waals surface area (Å²) >= 11 is 0. The highest BCUT2D eigenvalue weighted by Crippen LogP contribution is 2.33. The Morgan fingerprint density at radius 1 is 0.585 bits per heavy atom. The lowest BCUT2D eigenvalue weighted by Gasteiger charge is -2.46. The van der Waals surface area contributed by atoms with Gasteiger partial charge in [0.25, 0.3) is 0 Å². The van der Waals surface area contributed by atoms with Crippen LogP contribution in [0.5, 0.6) is 0 Å². The first-order valence-electron chi connectivity index (χ1n) is 16.0. The Balaban J connectivity index is 1.62. The molecule has 0 aromatic heterocycles. The van der Waals surface area contributed by atoms with Gasteiger partial charge < -0.3 is 55.1 Å². The fraction of sp³-hybridized carbons (Fsp3) is 1.00. The van der Waals surface area contributed by atoms with Crippen molar-refractivity contribution < 1.29 is 55.1 Å². The number of hydrogen-bond donors (Lipinski definition) is 8. The molecule has 2 aliphatic heterocycles. The molecule has 0 aromatic carbocycles. The van der Waals surface area contributed by atoms with Gasteiger partial charge in [0.15, 0.2) is 12.1 Å². The molecule has 11 heteroatoms. The molecule has 2 fully saturated rings. The van der Waals surface area contributed by atoms with Crippen molar-refractivity contribution in [1.82, 2.24) is 0 Å². The fourth-order valence-electron chi connectivity index (χ4n) is 5.74. The van der Waals surface area contributed by atoms with E-state index in [1.54, 1.807) is 0 Å². The highest BCUT2D eigenvalue weighted by molar-refractivity contribution is 4.96. The van der Waals surface area contributed by atoms with Crippen molar-refractivity contribution in [2.24, 2.45) is 0 Å². The van der Waals surface area contributed by atoms with Gasteiger partial charge in [0, 0.05) is 6.42 Å². The van der Waals surface area contributed by atoms with Crippen LogP contribution in [-0.2, 0) is 14.2 Å². The highest BCUT2D eigenvalue weighted by atomic mass is 16.7. The first-order valence-corrected chi connectivity index (χ1v) is 16.0. The molecular weight excluding hydrogens is 536 g/mol. The van der Waals surface area contributed by atoms with Crippen molar-refractivity contribution in [2.75, 3.05) is 13.2 Å². The molecule has 0 saturated carbocycles. The molecular formula is C30H58O11. The molecule has 10 atom stereocenters. The maximum absolute atomic E-state index is 11.0. The van der Waals surface area contributed by atoms with Crippen molar-refractivity contribution >= 4 is 0 Å². The largest absolute Gasteiger partial charge is 0.394 e. The molecule has 2 heterocycles. The summed E-state index contributed by atoms with van der Waals surface area (Å²) in [5.41, 5.74) is 0. The Morgan fingerprint density at radius 3 is 1.54 bits per heavy atom. The van der Waals surface area contributed by atoms with E-state index in [2.05, 4.69) is 6.92 Å². The molecule has 244 valence electrons. The highest BCUT2D eigenvalue weighted by Gasteiger charge is 2.53. The molecule has 0 unspecified atom stereocenters. The smallest absolute Gasteiger partial charge is 0.195 e. The van der Waals surface area contributed by atoms with Crippen LogP contribution in [0.4, 0.5) is 0 Å². The number of hydrogen-bond acceptors (Lipinski definition) is 11. The van der Waals surface area contributed by atoms with E-state index in [0.29, 0.717) is 6.42 Å². The van der Waals surface area contributed by atoms with Crippen LogP contribution in [-0.4, -0.2) is 115 Å². The van der Waals surface area contributed by atoms with E-state index in [1.165, 1.54) is 77.0 Å². The van der Waals surface area contributed by atoms with Gasteiger partial charge in [-0.25, -0.2) is 0 Å². The number of unbranched alkanes of at least 4 members (excludes halogenated alkanes) is 15. The molecule has 0 aromatic rings. The standard InChI is InChI=1S/C30H58O11/c1-2-3-4-5-6-7-8-9-10-11-12-13-14-15-16-17-18-30(38)28(37)26(35)24(33)22(41-30)20-39-29-27(36)25(34)23(32)21(19-31)40-29/h21-29,31-38H,2-20H2,1H3/t21-,22-,23-,24-,25+,26+,27-,28-,29+,30-/m1/s1. The predicted octanol–water partition coefficient (Wildman–Crippen LogP) is 1.62. The van der Waals surface area contributed by atoms with Gasteiger partial charge in [-0.1, -0.05) is 103 Å². The van der Waals surface area contributed by atoms with Crippen molar-refractivity contribution in [3.8, 4) is 0 Å². The maximum atomic E-state index is 11.0. The average Bonchev–Trinajstić information content (AvgIpc) is 2.96. The van der Waals surface area contributed by atoms with E-state index < -0.39 is 74.1 Å². The molecule has 8 N–H and O–H groups in total. The zero-order valence-corrected chi connectivity index (χ0v) is 24.9.